The molecule has 1 saturated carbocycles. The van der Waals surface area contributed by atoms with E-state index in [2.05, 4.69) is 24.0 Å². The molecule has 3 heteroatoms. The number of hydrogen-bond donors (Lipinski definition) is 1. The third-order valence-corrected chi connectivity index (χ3v) is 3.30. The molecule has 1 aromatic rings. The number of rotatable bonds is 8. The Balaban J connectivity index is 1.80. The quantitative estimate of drug-likeness (QED) is 0.568. The second-order valence-corrected chi connectivity index (χ2v) is 5.06. The van der Waals surface area contributed by atoms with Crippen molar-refractivity contribution in [3.8, 4) is 0 Å². The molecule has 0 bridgehead atoms. The minimum absolute atomic E-state index is 0.771. The zero-order valence-corrected chi connectivity index (χ0v) is 11.3. The molecule has 0 heterocycles. The lowest BCUT2D eigenvalue weighted by molar-refractivity contribution is 0.0986. The SMILES string of the molecule is CCCOCCN(Cc1ccc(N)cc1)C1CC1. The average molecular weight is 248 g/mol. The Morgan fingerprint density at radius 3 is 2.56 bits per heavy atom. The lowest BCUT2D eigenvalue weighted by Crippen LogP contribution is -2.29. The van der Waals surface area contributed by atoms with E-state index in [-0.39, 0.29) is 0 Å². The zero-order valence-electron chi connectivity index (χ0n) is 11.3. The molecule has 2 N–H and O–H groups in total. The maximum absolute atomic E-state index is 5.71. The van der Waals surface area contributed by atoms with Gasteiger partial charge in [-0.3, -0.25) is 4.90 Å². The van der Waals surface area contributed by atoms with Gasteiger partial charge in [0.2, 0.25) is 0 Å². The van der Waals surface area contributed by atoms with E-state index < -0.39 is 0 Å². The number of anilines is 1. The average Bonchev–Trinajstić information content (AvgIpc) is 3.20. The molecule has 0 aliphatic heterocycles. The molecule has 0 atom stereocenters. The van der Waals surface area contributed by atoms with Crippen LogP contribution in [0.5, 0.6) is 0 Å². The molecular formula is C15H24N2O. The first-order chi connectivity index (χ1) is 8.79. The highest BCUT2D eigenvalue weighted by Gasteiger charge is 2.28. The van der Waals surface area contributed by atoms with Gasteiger partial charge in [-0.25, -0.2) is 0 Å². The number of hydrogen-bond acceptors (Lipinski definition) is 3. The predicted molar refractivity (Wildman–Crippen MR) is 75.4 cm³/mol. The van der Waals surface area contributed by atoms with Crippen LogP contribution >= 0.6 is 0 Å². The van der Waals surface area contributed by atoms with Crippen LogP contribution in [0.1, 0.15) is 31.7 Å². The van der Waals surface area contributed by atoms with Crippen molar-refractivity contribution in [1.82, 2.24) is 4.90 Å². The van der Waals surface area contributed by atoms with Crippen molar-refractivity contribution in [2.75, 3.05) is 25.5 Å². The molecule has 1 fully saturated rings. The van der Waals surface area contributed by atoms with Gasteiger partial charge >= 0.3 is 0 Å². The minimum Gasteiger partial charge on any atom is -0.399 e. The zero-order chi connectivity index (χ0) is 12.8. The first kappa shape index (κ1) is 13.4. The van der Waals surface area contributed by atoms with Gasteiger partial charge in [-0.1, -0.05) is 19.1 Å². The Hall–Kier alpha value is -1.06. The van der Waals surface area contributed by atoms with Crippen LogP contribution in [0.15, 0.2) is 24.3 Å². The maximum atomic E-state index is 5.71. The second kappa shape index (κ2) is 6.76. The van der Waals surface area contributed by atoms with Gasteiger partial charge in [0.05, 0.1) is 6.61 Å². The summed E-state index contributed by atoms with van der Waals surface area (Å²) in [6.45, 7) is 5.92. The van der Waals surface area contributed by atoms with Crippen molar-refractivity contribution in [2.45, 2.75) is 38.8 Å². The molecular weight excluding hydrogens is 224 g/mol. The third kappa shape index (κ3) is 4.31. The normalized spacial score (nSPS) is 15.2. The standard InChI is InChI=1S/C15H24N2O/c1-2-10-18-11-9-17(15-7-8-15)12-13-3-5-14(16)6-4-13/h3-6,15H,2,7-12,16H2,1H3. The summed E-state index contributed by atoms with van der Waals surface area (Å²) >= 11 is 0. The van der Waals surface area contributed by atoms with Crippen LogP contribution in [0.2, 0.25) is 0 Å². The fraction of sp³-hybridized carbons (Fsp3) is 0.600. The first-order valence-corrected chi connectivity index (χ1v) is 6.96. The van der Waals surface area contributed by atoms with Gasteiger partial charge in [0.25, 0.3) is 0 Å². The topological polar surface area (TPSA) is 38.5 Å². The van der Waals surface area contributed by atoms with Crippen molar-refractivity contribution in [2.24, 2.45) is 0 Å². The molecule has 100 valence electrons. The molecule has 0 unspecified atom stereocenters. The van der Waals surface area contributed by atoms with Crippen LogP contribution in [0.25, 0.3) is 0 Å². The predicted octanol–water partition coefficient (Wildman–Crippen LogP) is 2.66. The third-order valence-electron chi connectivity index (χ3n) is 3.30. The summed E-state index contributed by atoms with van der Waals surface area (Å²) in [6.07, 6.45) is 3.77. The van der Waals surface area contributed by atoms with Crippen LogP contribution in [0.3, 0.4) is 0 Å². The largest absolute Gasteiger partial charge is 0.399 e. The van der Waals surface area contributed by atoms with Gasteiger partial charge < -0.3 is 10.5 Å². The molecule has 1 aliphatic carbocycles. The van der Waals surface area contributed by atoms with Crippen molar-refractivity contribution < 1.29 is 4.74 Å². The van der Waals surface area contributed by atoms with Crippen LogP contribution in [0, 0.1) is 0 Å². The Bertz CT molecular complexity index is 346. The second-order valence-electron chi connectivity index (χ2n) is 5.06. The molecule has 0 saturated heterocycles. The summed E-state index contributed by atoms with van der Waals surface area (Å²) in [5, 5.41) is 0. The highest BCUT2D eigenvalue weighted by Crippen LogP contribution is 2.28. The van der Waals surface area contributed by atoms with Crippen molar-refractivity contribution in [3.63, 3.8) is 0 Å². The summed E-state index contributed by atoms with van der Waals surface area (Å²) in [7, 11) is 0. The van der Waals surface area contributed by atoms with E-state index in [4.69, 9.17) is 10.5 Å². The van der Waals surface area contributed by atoms with E-state index in [1.165, 1.54) is 18.4 Å². The molecule has 0 radical (unpaired) electrons. The van der Waals surface area contributed by atoms with E-state index in [0.717, 1.165) is 44.5 Å². The van der Waals surface area contributed by atoms with Gasteiger partial charge in [-0.15, -0.1) is 0 Å². The summed E-state index contributed by atoms with van der Waals surface area (Å²) in [6, 6.07) is 8.98. The monoisotopic (exact) mass is 248 g/mol. The Kier molecular flexibility index (Phi) is 5.02. The lowest BCUT2D eigenvalue weighted by Gasteiger charge is -2.22. The van der Waals surface area contributed by atoms with Gasteiger partial charge in [-0.2, -0.15) is 0 Å². The van der Waals surface area contributed by atoms with E-state index in [9.17, 15) is 0 Å². The van der Waals surface area contributed by atoms with E-state index in [0.29, 0.717) is 0 Å². The number of nitrogens with zero attached hydrogens (tertiary/aromatic N) is 1. The van der Waals surface area contributed by atoms with E-state index in [1.54, 1.807) is 0 Å². The van der Waals surface area contributed by atoms with Gasteiger partial charge in [0, 0.05) is 31.4 Å². The van der Waals surface area contributed by atoms with E-state index in [1.807, 2.05) is 12.1 Å². The molecule has 1 aliphatic rings. The molecule has 2 rings (SSSR count). The van der Waals surface area contributed by atoms with Crippen molar-refractivity contribution in [1.29, 1.82) is 0 Å². The molecule has 18 heavy (non-hydrogen) atoms. The summed E-state index contributed by atoms with van der Waals surface area (Å²) in [5.74, 6) is 0. The number of nitrogen functional groups attached to an aromatic ring is 1. The highest BCUT2D eigenvalue weighted by atomic mass is 16.5. The summed E-state index contributed by atoms with van der Waals surface area (Å²) in [5.41, 5.74) is 7.89. The van der Waals surface area contributed by atoms with Crippen molar-refractivity contribution >= 4 is 5.69 Å². The van der Waals surface area contributed by atoms with Gasteiger partial charge in [-0.05, 0) is 37.0 Å². The Morgan fingerprint density at radius 2 is 1.94 bits per heavy atom. The fourth-order valence-electron chi connectivity index (χ4n) is 2.12. The van der Waals surface area contributed by atoms with Crippen LogP contribution < -0.4 is 5.73 Å². The number of ether oxygens (including phenoxy) is 1. The molecule has 3 nitrogen and oxygen atoms in total. The van der Waals surface area contributed by atoms with Crippen LogP contribution in [-0.4, -0.2) is 30.7 Å². The molecule has 0 spiro atoms. The van der Waals surface area contributed by atoms with Gasteiger partial charge in [0.1, 0.15) is 0 Å². The number of nitrogens with two attached hydrogens (primary N) is 1. The van der Waals surface area contributed by atoms with Gasteiger partial charge in [0.15, 0.2) is 0 Å². The minimum atomic E-state index is 0.771. The summed E-state index contributed by atoms with van der Waals surface area (Å²) < 4.78 is 5.59. The number of benzene rings is 1. The smallest absolute Gasteiger partial charge is 0.0593 e. The Morgan fingerprint density at radius 1 is 1.22 bits per heavy atom. The molecule has 1 aromatic carbocycles. The maximum Gasteiger partial charge on any atom is 0.0593 e. The highest BCUT2D eigenvalue weighted by molar-refractivity contribution is 5.39. The fourth-order valence-corrected chi connectivity index (χ4v) is 2.12. The molecule has 0 amide bonds. The van der Waals surface area contributed by atoms with Crippen LogP contribution in [-0.2, 0) is 11.3 Å². The lowest BCUT2D eigenvalue weighted by atomic mass is 10.2. The summed E-state index contributed by atoms with van der Waals surface area (Å²) in [4.78, 5) is 2.53. The first-order valence-electron chi connectivity index (χ1n) is 6.96. The van der Waals surface area contributed by atoms with Crippen molar-refractivity contribution in [3.05, 3.63) is 29.8 Å². The van der Waals surface area contributed by atoms with Crippen LogP contribution in [0.4, 0.5) is 5.69 Å². The molecule has 0 aromatic heterocycles. The Labute approximate surface area is 110 Å². The van der Waals surface area contributed by atoms with E-state index >= 15 is 0 Å².